The van der Waals surface area contributed by atoms with Crippen molar-refractivity contribution < 1.29 is 7.63 Å². The number of pyridine rings is 1. The van der Waals surface area contributed by atoms with E-state index in [-0.39, 0.29) is 0 Å². The first-order valence-corrected chi connectivity index (χ1v) is 7.36. The average Bonchev–Trinajstić information content (AvgIpc) is 2.48. The molecule has 0 fully saturated rings. The Balaban J connectivity index is 2.30. The zero-order valence-electron chi connectivity index (χ0n) is 11.4. The Kier molecular flexibility index (Phi) is 3.61. The van der Waals surface area contributed by atoms with Crippen LogP contribution in [0.4, 0.5) is 0 Å². The highest BCUT2D eigenvalue weighted by Gasteiger charge is 2.17. The maximum atomic E-state index is 5.48. The summed E-state index contributed by atoms with van der Waals surface area (Å²) in [5.74, 6) is 0.891. The van der Waals surface area contributed by atoms with Crippen molar-refractivity contribution in [2.75, 3.05) is 0 Å². The Morgan fingerprint density at radius 2 is 1.80 bits per heavy atom. The summed E-state index contributed by atoms with van der Waals surface area (Å²) >= 11 is 1.94. The molecule has 2 aromatic carbocycles. The standard InChI is InChI=1S/C17H15INO/c1-12-7-10-17(20-18)14(11-12)16-9-8-13-5-3-4-6-15(13)19(16)2/h3-11H,1-2H3/q+1. The van der Waals surface area contributed by atoms with Crippen molar-refractivity contribution in [1.82, 2.24) is 0 Å². The van der Waals surface area contributed by atoms with Crippen LogP contribution < -0.4 is 7.63 Å². The molecule has 0 spiro atoms. The van der Waals surface area contributed by atoms with Gasteiger partial charge in [-0.15, -0.1) is 0 Å². The summed E-state index contributed by atoms with van der Waals surface area (Å²) < 4.78 is 7.69. The minimum atomic E-state index is 0.891. The summed E-state index contributed by atoms with van der Waals surface area (Å²) in [6.45, 7) is 2.10. The Morgan fingerprint density at radius 3 is 2.60 bits per heavy atom. The fraction of sp³-hybridized carbons (Fsp3) is 0.118. The lowest BCUT2D eigenvalue weighted by molar-refractivity contribution is -0.633. The second-order valence-corrected chi connectivity index (χ2v) is 5.35. The number of benzene rings is 2. The van der Waals surface area contributed by atoms with Crippen molar-refractivity contribution in [3.8, 4) is 17.0 Å². The molecule has 0 atom stereocenters. The number of nitrogens with zero attached hydrogens (tertiary/aromatic N) is 1. The van der Waals surface area contributed by atoms with Crippen molar-refractivity contribution >= 4 is 33.9 Å². The van der Waals surface area contributed by atoms with Gasteiger partial charge in [0.2, 0.25) is 11.2 Å². The van der Waals surface area contributed by atoms with Crippen molar-refractivity contribution in [1.29, 1.82) is 0 Å². The molecule has 3 aromatic rings. The van der Waals surface area contributed by atoms with Gasteiger partial charge in [-0.2, -0.15) is 4.57 Å². The van der Waals surface area contributed by atoms with E-state index in [1.807, 2.05) is 29.1 Å². The van der Waals surface area contributed by atoms with Crippen molar-refractivity contribution in [2.45, 2.75) is 6.92 Å². The Morgan fingerprint density at radius 1 is 1.00 bits per heavy atom. The van der Waals surface area contributed by atoms with Gasteiger partial charge in [0.15, 0.2) is 23.0 Å². The molecule has 3 rings (SSSR count). The van der Waals surface area contributed by atoms with E-state index in [1.165, 1.54) is 16.5 Å². The van der Waals surface area contributed by atoms with Crippen LogP contribution in [0, 0.1) is 6.92 Å². The molecule has 1 aromatic heterocycles. The molecule has 0 N–H and O–H groups in total. The Bertz CT molecular complexity index is 783. The number of aromatic nitrogens is 1. The molecule has 1 heterocycles. The highest BCUT2D eigenvalue weighted by molar-refractivity contribution is 14.1. The van der Waals surface area contributed by atoms with Gasteiger partial charge in [-0.25, -0.2) is 0 Å². The van der Waals surface area contributed by atoms with E-state index in [4.69, 9.17) is 3.07 Å². The first-order valence-electron chi connectivity index (χ1n) is 6.48. The topological polar surface area (TPSA) is 13.1 Å². The maximum Gasteiger partial charge on any atom is 0.216 e. The molecule has 3 heteroatoms. The summed E-state index contributed by atoms with van der Waals surface area (Å²) in [6, 6.07) is 19.0. The number of halogens is 1. The third-order valence-electron chi connectivity index (χ3n) is 3.57. The molecular weight excluding hydrogens is 361 g/mol. The first-order chi connectivity index (χ1) is 9.70. The van der Waals surface area contributed by atoms with Crippen LogP contribution in [0.5, 0.6) is 5.75 Å². The minimum Gasteiger partial charge on any atom is -0.427 e. The fourth-order valence-electron chi connectivity index (χ4n) is 2.53. The summed E-state index contributed by atoms with van der Waals surface area (Å²) in [5.41, 5.74) is 4.71. The van der Waals surface area contributed by atoms with Crippen LogP contribution in [0.3, 0.4) is 0 Å². The number of hydrogen-bond donors (Lipinski definition) is 0. The highest BCUT2D eigenvalue weighted by Crippen LogP contribution is 2.31. The smallest absolute Gasteiger partial charge is 0.216 e. The fourth-order valence-corrected chi connectivity index (χ4v) is 2.91. The molecule has 2 nitrogen and oxygen atoms in total. The second-order valence-electron chi connectivity index (χ2n) is 4.91. The quantitative estimate of drug-likeness (QED) is 0.478. The zero-order chi connectivity index (χ0) is 14.1. The number of para-hydroxylation sites is 1. The predicted molar refractivity (Wildman–Crippen MR) is 89.9 cm³/mol. The number of hydrogen-bond acceptors (Lipinski definition) is 1. The summed E-state index contributed by atoms with van der Waals surface area (Å²) in [6.07, 6.45) is 0. The van der Waals surface area contributed by atoms with Crippen LogP contribution in [0.2, 0.25) is 0 Å². The summed E-state index contributed by atoms with van der Waals surface area (Å²) in [4.78, 5) is 0. The molecule has 100 valence electrons. The van der Waals surface area contributed by atoms with Crippen LogP contribution in [0.1, 0.15) is 5.56 Å². The average molecular weight is 376 g/mol. The largest absolute Gasteiger partial charge is 0.427 e. The van der Waals surface area contributed by atoms with Crippen molar-refractivity contribution in [3.63, 3.8) is 0 Å². The molecule has 0 radical (unpaired) electrons. The number of aryl methyl sites for hydroxylation is 2. The number of rotatable bonds is 2. The molecule has 0 aliphatic carbocycles. The molecule has 0 aliphatic heterocycles. The van der Waals surface area contributed by atoms with Gasteiger partial charge in [0, 0.05) is 17.5 Å². The van der Waals surface area contributed by atoms with Gasteiger partial charge in [-0.05, 0) is 31.2 Å². The van der Waals surface area contributed by atoms with Crippen LogP contribution in [-0.4, -0.2) is 0 Å². The third-order valence-corrected chi connectivity index (χ3v) is 4.05. The maximum absolute atomic E-state index is 5.48. The van der Waals surface area contributed by atoms with Crippen LogP contribution in [0.15, 0.2) is 54.6 Å². The van der Waals surface area contributed by atoms with Gasteiger partial charge in [-0.3, -0.25) is 0 Å². The zero-order valence-corrected chi connectivity index (χ0v) is 13.6. The molecule has 0 unspecified atom stereocenters. The van der Waals surface area contributed by atoms with E-state index >= 15 is 0 Å². The van der Waals surface area contributed by atoms with Crippen LogP contribution in [0.25, 0.3) is 22.2 Å². The second kappa shape index (κ2) is 5.40. The van der Waals surface area contributed by atoms with Gasteiger partial charge in [0.05, 0.1) is 5.56 Å². The molecule has 20 heavy (non-hydrogen) atoms. The van der Waals surface area contributed by atoms with Gasteiger partial charge in [-0.1, -0.05) is 23.8 Å². The Hall–Kier alpha value is -1.62. The Labute approximate surface area is 132 Å². The summed E-state index contributed by atoms with van der Waals surface area (Å²) in [5, 5.41) is 1.24. The SMILES string of the molecule is Cc1ccc(OI)c(-c2ccc3ccccc3[n+]2C)c1. The predicted octanol–water partition coefficient (Wildman–Crippen LogP) is 4.37. The minimum absolute atomic E-state index is 0.891. The van der Waals surface area contributed by atoms with Gasteiger partial charge < -0.3 is 3.07 Å². The molecule has 0 saturated carbocycles. The van der Waals surface area contributed by atoms with Crippen LogP contribution in [-0.2, 0) is 7.05 Å². The lowest BCUT2D eigenvalue weighted by Crippen LogP contribution is -2.31. The van der Waals surface area contributed by atoms with Crippen molar-refractivity contribution in [2.24, 2.45) is 7.05 Å². The summed E-state index contributed by atoms with van der Waals surface area (Å²) in [7, 11) is 2.09. The van der Waals surface area contributed by atoms with Gasteiger partial charge in [0.25, 0.3) is 0 Å². The molecule has 0 saturated heterocycles. The first kappa shape index (κ1) is 13.4. The highest BCUT2D eigenvalue weighted by atomic mass is 127. The molecule has 0 bridgehead atoms. The molecule has 0 aliphatic rings. The van der Waals surface area contributed by atoms with E-state index in [0.717, 1.165) is 17.0 Å². The number of fused-ring (bicyclic) bond motifs is 1. The molecular formula is C17H15INO+. The van der Waals surface area contributed by atoms with E-state index < -0.39 is 0 Å². The van der Waals surface area contributed by atoms with Crippen LogP contribution >= 0.6 is 23.0 Å². The van der Waals surface area contributed by atoms with E-state index in [2.05, 4.69) is 67.1 Å². The van der Waals surface area contributed by atoms with Gasteiger partial charge >= 0.3 is 0 Å². The van der Waals surface area contributed by atoms with Gasteiger partial charge in [0.1, 0.15) is 12.8 Å². The normalized spacial score (nSPS) is 10.8. The lowest BCUT2D eigenvalue weighted by Gasteiger charge is -2.08. The van der Waals surface area contributed by atoms with Crippen molar-refractivity contribution in [3.05, 3.63) is 60.2 Å². The third kappa shape index (κ3) is 2.26. The monoisotopic (exact) mass is 376 g/mol. The lowest BCUT2D eigenvalue weighted by atomic mass is 10.1. The van der Waals surface area contributed by atoms with E-state index in [9.17, 15) is 0 Å². The molecule has 0 amide bonds. The van der Waals surface area contributed by atoms with E-state index in [1.54, 1.807) is 0 Å². The van der Waals surface area contributed by atoms with E-state index in [0.29, 0.717) is 0 Å².